The predicted molar refractivity (Wildman–Crippen MR) is 52.5 cm³/mol. The second-order valence-corrected chi connectivity index (χ2v) is 3.67. The molecule has 76 valence electrons. The molecule has 0 fully saturated rings. The summed E-state index contributed by atoms with van der Waals surface area (Å²) in [5, 5.41) is 10.2. The van der Waals surface area contributed by atoms with Gasteiger partial charge in [0.05, 0.1) is 0 Å². The van der Waals surface area contributed by atoms with E-state index in [-0.39, 0.29) is 11.1 Å². The molecule has 1 rings (SSSR count). The zero-order chi connectivity index (χ0) is 10.7. The van der Waals surface area contributed by atoms with E-state index in [2.05, 4.69) is 4.98 Å². The van der Waals surface area contributed by atoms with E-state index in [0.717, 1.165) is 22.5 Å². The largest absolute Gasteiger partial charge is 0.375 e. The summed E-state index contributed by atoms with van der Waals surface area (Å²) in [6, 6.07) is 0. The van der Waals surface area contributed by atoms with E-state index in [4.69, 9.17) is 0 Å². The van der Waals surface area contributed by atoms with Gasteiger partial charge in [-0.25, -0.2) is 9.78 Å². The van der Waals surface area contributed by atoms with Crippen LogP contribution in [0.25, 0.3) is 0 Å². The molecular weight excluding hydrogens is 206 g/mol. The number of aryl methyl sites for hydroxylation is 1. The maximum absolute atomic E-state index is 11.4. The third-order valence-corrected chi connectivity index (χ3v) is 2.28. The number of hydrogen-bond donors (Lipinski definition) is 0. The van der Waals surface area contributed by atoms with Crippen LogP contribution in [-0.4, -0.2) is 25.5 Å². The molecule has 1 aromatic rings. The second-order valence-electron chi connectivity index (χ2n) is 2.46. The Morgan fingerprint density at radius 2 is 2.43 bits per heavy atom. The van der Waals surface area contributed by atoms with Crippen LogP contribution in [0, 0.1) is 17.0 Å². The summed E-state index contributed by atoms with van der Waals surface area (Å²) in [7, 11) is 0. The Bertz CT molecular complexity index is 374. The molecule has 1 aromatic heterocycles. The molecule has 7 heteroatoms. The van der Waals surface area contributed by atoms with Crippen molar-refractivity contribution in [2.24, 2.45) is 0 Å². The lowest BCUT2D eigenvalue weighted by atomic mass is 10.7. The van der Waals surface area contributed by atoms with E-state index in [1.165, 1.54) is 0 Å². The highest BCUT2D eigenvalue weighted by atomic mass is 32.2. The standard InChI is InChI=1S/C7H9N3O3S/c1-3-14-7(11)9-5(2)8-4-6(9)10(12)13/h4H,3H2,1-2H3. The van der Waals surface area contributed by atoms with Crippen LogP contribution in [0.5, 0.6) is 0 Å². The summed E-state index contributed by atoms with van der Waals surface area (Å²) in [4.78, 5) is 25.1. The summed E-state index contributed by atoms with van der Waals surface area (Å²) in [5.74, 6) is 0.629. The molecular formula is C7H9N3O3S. The molecule has 0 spiro atoms. The molecule has 0 unspecified atom stereocenters. The number of nitro groups is 1. The van der Waals surface area contributed by atoms with Crippen LogP contribution in [0.3, 0.4) is 0 Å². The molecule has 0 aromatic carbocycles. The summed E-state index contributed by atoms with van der Waals surface area (Å²) >= 11 is 1.01. The van der Waals surface area contributed by atoms with E-state index in [1.54, 1.807) is 13.8 Å². The molecule has 1 heterocycles. The smallest absolute Gasteiger partial charge is 0.358 e. The van der Waals surface area contributed by atoms with Crippen molar-refractivity contribution < 1.29 is 9.72 Å². The molecule has 14 heavy (non-hydrogen) atoms. The molecule has 0 N–H and O–H groups in total. The fourth-order valence-electron chi connectivity index (χ4n) is 0.975. The minimum atomic E-state index is -0.617. The molecule has 0 saturated carbocycles. The van der Waals surface area contributed by atoms with Crippen molar-refractivity contribution in [3.05, 3.63) is 22.1 Å². The van der Waals surface area contributed by atoms with Gasteiger partial charge in [0.15, 0.2) is 0 Å². The van der Waals surface area contributed by atoms with E-state index < -0.39 is 4.92 Å². The molecule has 0 aliphatic carbocycles. The molecule has 0 radical (unpaired) electrons. The number of rotatable bonds is 2. The Labute approximate surface area is 84.5 Å². The van der Waals surface area contributed by atoms with Gasteiger partial charge < -0.3 is 10.1 Å². The molecule has 0 aliphatic heterocycles. The van der Waals surface area contributed by atoms with Crippen molar-refractivity contribution in [3.8, 4) is 0 Å². The third-order valence-electron chi connectivity index (χ3n) is 1.56. The highest BCUT2D eigenvalue weighted by Crippen LogP contribution is 2.17. The molecule has 0 atom stereocenters. The monoisotopic (exact) mass is 215 g/mol. The predicted octanol–water partition coefficient (Wildman–Crippen LogP) is 1.82. The topological polar surface area (TPSA) is 78.0 Å². The highest BCUT2D eigenvalue weighted by Gasteiger charge is 2.23. The SMILES string of the molecule is CCSC(=O)n1c([N+](=O)[O-])cnc1C. The minimum Gasteiger partial charge on any atom is -0.358 e. The number of thioether (sulfide) groups is 1. The number of nitrogens with zero attached hydrogens (tertiary/aromatic N) is 3. The maximum Gasteiger partial charge on any atom is 0.375 e. The lowest BCUT2D eigenvalue weighted by Crippen LogP contribution is -2.10. The highest BCUT2D eigenvalue weighted by molar-refractivity contribution is 8.13. The number of hydrogen-bond acceptors (Lipinski definition) is 5. The average Bonchev–Trinajstić information content (AvgIpc) is 2.47. The van der Waals surface area contributed by atoms with Crippen LogP contribution in [-0.2, 0) is 0 Å². The van der Waals surface area contributed by atoms with E-state index in [0.29, 0.717) is 11.6 Å². The van der Waals surface area contributed by atoms with Gasteiger partial charge in [-0.3, -0.25) is 0 Å². The van der Waals surface area contributed by atoms with Crippen LogP contribution in [0.4, 0.5) is 10.6 Å². The molecule has 0 aliphatic rings. The Morgan fingerprint density at radius 3 is 2.93 bits per heavy atom. The van der Waals surface area contributed by atoms with Crippen molar-refractivity contribution in [1.82, 2.24) is 9.55 Å². The van der Waals surface area contributed by atoms with Gasteiger partial charge >= 0.3 is 11.1 Å². The number of carbonyl (C=O) groups excluding carboxylic acids is 1. The zero-order valence-electron chi connectivity index (χ0n) is 7.76. The first kappa shape index (κ1) is 10.7. The van der Waals surface area contributed by atoms with Gasteiger partial charge in [-0.15, -0.1) is 4.57 Å². The third kappa shape index (κ3) is 1.92. The normalized spacial score (nSPS) is 10.1. The summed E-state index contributed by atoms with van der Waals surface area (Å²) < 4.78 is 1.01. The Balaban J connectivity index is 3.11. The van der Waals surface area contributed by atoms with E-state index >= 15 is 0 Å². The number of imidazole rings is 1. The maximum atomic E-state index is 11.4. The van der Waals surface area contributed by atoms with Gasteiger partial charge in [0.2, 0.25) is 5.82 Å². The van der Waals surface area contributed by atoms with Gasteiger partial charge in [-0.2, -0.15) is 0 Å². The van der Waals surface area contributed by atoms with Crippen LogP contribution in [0.1, 0.15) is 12.7 Å². The van der Waals surface area contributed by atoms with Gasteiger partial charge in [-0.05, 0) is 16.7 Å². The molecule has 0 saturated heterocycles. The molecule has 0 amide bonds. The van der Waals surface area contributed by atoms with Crippen LogP contribution in [0.2, 0.25) is 0 Å². The fourth-order valence-corrected chi connectivity index (χ4v) is 1.58. The first-order chi connectivity index (χ1) is 6.57. The summed E-state index contributed by atoms with van der Waals surface area (Å²) in [5.41, 5.74) is 0. The zero-order valence-corrected chi connectivity index (χ0v) is 8.58. The van der Waals surface area contributed by atoms with Crippen molar-refractivity contribution in [2.75, 3.05) is 5.75 Å². The van der Waals surface area contributed by atoms with Crippen molar-refractivity contribution in [1.29, 1.82) is 0 Å². The lowest BCUT2D eigenvalue weighted by molar-refractivity contribution is -0.390. The first-order valence-corrected chi connectivity index (χ1v) is 4.92. The van der Waals surface area contributed by atoms with Crippen molar-refractivity contribution in [3.63, 3.8) is 0 Å². The van der Waals surface area contributed by atoms with E-state index in [9.17, 15) is 14.9 Å². The number of aromatic nitrogens is 2. The van der Waals surface area contributed by atoms with Gasteiger partial charge in [0.25, 0.3) is 0 Å². The first-order valence-electron chi connectivity index (χ1n) is 3.93. The Morgan fingerprint density at radius 1 is 1.79 bits per heavy atom. The molecule has 0 bridgehead atoms. The van der Waals surface area contributed by atoms with Crippen molar-refractivity contribution in [2.45, 2.75) is 13.8 Å². The van der Waals surface area contributed by atoms with Crippen LogP contribution in [0.15, 0.2) is 6.20 Å². The number of carbonyl (C=O) groups is 1. The minimum absolute atomic E-state index is 0.284. The average molecular weight is 215 g/mol. The second kappa shape index (κ2) is 4.23. The van der Waals surface area contributed by atoms with Crippen LogP contribution >= 0.6 is 11.8 Å². The van der Waals surface area contributed by atoms with Gasteiger partial charge in [0.1, 0.15) is 6.20 Å². The Kier molecular flexibility index (Phi) is 3.23. The van der Waals surface area contributed by atoms with Gasteiger partial charge in [0, 0.05) is 12.7 Å². The Hall–Kier alpha value is -1.37. The summed E-state index contributed by atoms with van der Waals surface area (Å²) in [6.45, 7) is 3.36. The fraction of sp³-hybridized carbons (Fsp3) is 0.429. The molecule has 6 nitrogen and oxygen atoms in total. The van der Waals surface area contributed by atoms with Crippen LogP contribution < -0.4 is 0 Å². The van der Waals surface area contributed by atoms with E-state index in [1.807, 2.05) is 0 Å². The quantitative estimate of drug-likeness (QED) is 0.555. The summed E-state index contributed by atoms with van der Waals surface area (Å²) in [6.07, 6.45) is 1.09. The van der Waals surface area contributed by atoms with Crippen molar-refractivity contribution >= 4 is 22.8 Å². The van der Waals surface area contributed by atoms with Gasteiger partial charge in [-0.1, -0.05) is 6.92 Å². The lowest BCUT2D eigenvalue weighted by Gasteiger charge is -1.98.